The summed E-state index contributed by atoms with van der Waals surface area (Å²) in [6.45, 7) is 0. The first-order valence-corrected chi connectivity index (χ1v) is 4.62. The molecule has 2 aromatic rings. The predicted octanol–water partition coefficient (Wildman–Crippen LogP) is 0.797. The minimum Gasteiger partial charge on any atom is -0.480 e. The monoisotopic (exact) mass is 223 g/mol. The number of rotatable bonds is 2. The number of carboxylic acids is 1. The molecule has 0 saturated heterocycles. The van der Waals surface area contributed by atoms with Gasteiger partial charge in [0.05, 0.1) is 5.69 Å². The topological polar surface area (TPSA) is 81.1 Å². The van der Waals surface area contributed by atoms with Gasteiger partial charge in [-0.2, -0.15) is 5.10 Å². The molecule has 0 aliphatic heterocycles. The van der Waals surface area contributed by atoms with Crippen LogP contribution in [0.5, 0.6) is 0 Å². The third kappa shape index (κ3) is 1.43. The normalized spacial score (nSPS) is 12.9. The molecule has 6 heteroatoms. The molecule has 0 amide bonds. The predicted molar refractivity (Wildman–Crippen MR) is 55.2 cm³/mol. The third-order valence-corrected chi connectivity index (χ3v) is 2.40. The van der Waals surface area contributed by atoms with Gasteiger partial charge in [-0.3, -0.25) is 9.48 Å². The third-order valence-electron chi connectivity index (χ3n) is 2.40. The molecule has 0 radical (unpaired) electrons. The Morgan fingerprint density at radius 1 is 1.62 bits per heavy atom. The molecule has 16 heavy (non-hydrogen) atoms. The van der Waals surface area contributed by atoms with E-state index in [0.29, 0.717) is 5.39 Å². The van der Waals surface area contributed by atoms with Crippen molar-refractivity contribution in [1.29, 1.82) is 0 Å². The maximum Gasteiger partial charge on any atom is 0.326 e. The fourth-order valence-electron chi connectivity index (χ4n) is 1.66. The Morgan fingerprint density at radius 2 is 2.31 bits per heavy atom. The van der Waals surface area contributed by atoms with Crippen molar-refractivity contribution in [2.75, 3.05) is 0 Å². The summed E-state index contributed by atoms with van der Waals surface area (Å²) in [7, 11) is 1.55. The van der Waals surface area contributed by atoms with Crippen molar-refractivity contribution in [3.05, 3.63) is 29.7 Å². The zero-order chi connectivity index (χ0) is 11.9. The fourth-order valence-corrected chi connectivity index (χ4v) is 1.66. The van der Waals surface area contributed by atoms with Crippen molar-refractivity contribution in [2.24, 2.45) is 12.8 Å². The Kier molecular flexibility index (Phi) is 2.35. The molecule has 0 bridgehead atoms. The van der Waals surface area contributed by atoms with Crippen LogP contribution in [0.25, 0.3) is 10.9 Å². The van der Waals surface area contributed by atoms with Crippen LogP contribution >= 0.6 is 0 Å². The average Bonchev–Trinajstić information content (AvgIpc) is 2.56. The van der Waals surface area contributed by atoms with Crippen LogP contribution in [0.2, 0.25) is 0 Å². The lowest BCUT2D eigenvalue weighted by atomic mass is 10.1. The van der Waals surface area contributed by atoms with Gasteiger partial charge in [0, 0.05) is 12.4 Å². The molecule has 5 nitrogen and oxygen atoms in total. The van der Waals surface area contributed by atoms with Gasteiger partial charge in [-0.15, -0.1) is 0 Å². The first-order valence-electron chi connectivity index (χ1n) is 4.62. The van der Waals surface area contributed by atoms with Crippen LogP contribution in [0, 0.1) is 5.82 Å². The van der Waals surface area contributed by atoms with E-state index in [2.05, 4.69) is 5.10 Å². The molecule has 2 rings (SSSR count). The maximum absolute atomic E-state index is 13.5. The summed E-state index contributed by atoms with van der Waals surface area (Å²) < 4.78 is 14.8. The number of carbonyl (C=O) groups is 1. The SMILES string of the molecule is Cn1nc(C(N)C(=O)O)c2cccc(F)c21. The molecule has 0 fully saturated rings. The number of halogens is 1. The van der Waals surface area contributed by atoms with Crippen LogP contribution in [0.3, 0.4) is 0 Å². The summed E-state index contributed by atoms with van der Waals surface area (Å²) in [6.07, 6.45) is 0. The van der Waals surface area contributed by atoms with E-state index < -0.39 is 17.8 Å². The van der Waals surface area contributed by atoms with Crippen LogP contribution in [0.15, 0.2) is 18.2 Å². The second-order valence-corrected chi connectivity index (χ2v) is 3.46. The number of nitrogens with two attached hydrogens (primary N) is 1. The van der Waals surface area contributed by atoms with Crippen molar-refractivity contribution >= 4 is 16.9 Å². The minimum atomic E-state index is -1.24. The molecule has 0 saturated carbocycles. The Hall–Kier alpha value is -1.95. The molecule has 0 spiro atoms. The summed E-state index contributed by atoms with van der Waals surface area (Å²) in [5, 5.41) is 13.2. The fraction of sp³-hybridized carbons (Fsp3) is 0.200. The highest BCUT2D eigenvalue weighted by atomic mass is 19.1. The van der Waals surface area contributed by atoms with Gasteiger partial charge in [0.1, 0.15) is 17.4 Å². The number of aliphatic carboxylic acids is 1. The number of nitrogens with zero attached hydrogens (tertiary/aromatic N) is 2. The number of hydrogen-bond donors (Lipinski definition) is 2. The maximum atomic E-state index is 13.5. The van der Waals surface area contributed by atoms with Gasteiger partial charge in [-0.25, -0.2) is 4.39 Å². The van der Waals surface area contributed by atoms with Crippen molar-refractivity contribution in [3.8, 4) is 0 Å². The molecule has 1 heterocycles. The van der Waals surface area contributed by atoms with Crippen molar-refractivity contribution in [1.82, 2.24) is 9.78 Å². The van der Waals surface area contributed by atoms with E-state index in [1.807, 2.05) is 0 Å². The molecule has 1 atom stereocenters. The van der Waals surface area contributed by atoms with E-state index in [1.54, 1.807) is 13.1 Å². The van der Waals surface area contributed by atoms with E-state index in [4.69, 9.17) is 10.8 Å². The Morgan fingerprint density at radius 3 is 2.94 bits per heavy atom. The highest BCUT2D eigenvalue weighted by Crippen LogP contribution is 2.24. The lowest BCUT2D eigenvalue weighted by Crippen LogP contribution is -2.21. The lowest BCUT2D eigenvalue weighted by molar-refractivity contribution is -0.138. The quantitative estimate of drug-likeness (QED) is 0.788. The highest BCUT2D eigenvalue weighted by molar-refractivity contribution is 5.87. The molecular formula is C10H10FN3O2. The molecule has 84 valence electrons. The number of fused-ring (bicyclic) bond motifs is 1. The van der Waals surface area contributed by atoms with Crippen LogP contribution in [-0.2, 0) is 11.8 Å². The summed E-state index contributed by atoms with van der Waals surface area (Å²) in [4.78, 5) is 10.8. The smallest absolute Gasteiger partial charge is 0.326 e. The molecule has 1 unspecified atom stereocenters. The van der Waals surface area contributed by atoms with E-state index in [-0.39, 0.29) is 11.2 Å². The van der Waals surface area contributed by atoms with Gasteiger partial charge in [-0.05, 0) is 6.07 Å². The van der Waals surface area contributed by atoms with Gasteiger partial charge in [0.15, 0.2) is 0 Å². The van der Waals surface area contributed by atoms with Crippen molar-refractivity contribution in [2.45, 2.75) is 6.04 Å². The molecule has 0 aliphatic carbocycles. The number of carboxylic acid groups (broad SMARTS) is 1. The van der Waals surface area contributed by atoms with Gasteiger partial charge in [-0.1, -0.05) is 12.1 Å². The first kappa shape index (κ1) is 10.6. The van der Waals surface area contributed by atoms with Gasteiger partial charge in [0.25, 0.3) is 0 Å². The van der Waals surface area contributed by atoms with Crippen LogP contribution < -0.4 is 5.73 Å². The van der Waals surface area contributed by atoms with Crippen molar-refractivity contribution in [3.63, 3.8) is 0 Å². The number of hydrogen-bond acceptors (Lipinski definition) is 3. The molecule has 1 aromatic carbocycles. The summed E-state index contributed by atoms with van der Waals surface area (Å²) in [6, 6.07) is 3.15. The average molecular weight is 223 g/mol. The summed E-state index contributed by atoms with van der Waals surface area (Å²) in [5.41, 5.74) is 5.90. The molecule has 1 aromatic heterocycles. The molecule has 3 N–H and O–H groups in total. The van der Waals surface area contributed by atoms with E-state index in [0.717, 1.165) is 0 Å². The van der Waals surface area contributed by atoms with Gasteiger partial charge in [0.2, 0.25) is 0 Å². The van der Waals surface area contributed by atoms with Gasteiger partial charge >= 0.3 is 5.97 Å². The highest BCUT2D eigenvalue weighted by Gasteiger charge is 2.22. The first-order chi connectivity index (χ1) is 7.52. The Labute approximate surface area is 90.3 Å². The van der Waals surface area contributed by atoms with Crippen molar-refractivity contribution < 1.29 is 14.3 Å². The van der Waals surface area contributed by atoms with E-state index in [9.17, 15) is 9.18 Å². The van der Waals surface area contributed by atoms with E-state index >= 15 is 0 Å². The largest absolute Gasteiger partial charge is 0.480 e. The zero-order valence-corrected chi connectivity index (χ0v) is 8.51. The molecule has 0 aliphatic rings. The van der Waals surface area contributed by atoms with Crippen LogP contribution in [-0.4, -0.2) is 20.9 Å². The second-order valence-electron chi connectivity index (χ2n) is 3.46. The summed E-state index contributed by atoms with van der Waals surface area (Å²) >= 11 is 0. The van der Waals surface area contributed by atoms with Gasteiger partial charge < -0.3 is 10.8 Å². The van der Waals surface area contributed by atoms with Crippen LogP contribution in [0.1, 0.15) is 11.7 Å². The summed E-state index contributed by atoms with van der Waals surface area (Å²) in [5.74, 6) is -1.64. The Balaban J connectivity index is 2.73. The second kappa shape index (κ2) is 3.57. The number of aromatic nitrogens is 2. The minimum absolute atomic E-state index is 0.171. The standard InChI is InChI=1S/C10H10FN3O2/c1-14-9-5(3-2-4-6(9)11)8(13-14)7(12)10(15)16/h2-4,7H,12H2,1H3,(H,15,16). The molecular weight excluding hydrogens is 213 g/mol. The lowest BCUT2D eigenvalue weighted by Gasteiger charge is -2.01. The Bertz CT molecular complexity index is 564. The number of benzene rings is 1. The van der Waals surface area contributed by atoms with Crippen LogP contribution in [0.4, 0.5) is 4.39 Å². The zero-order valence-electron chi connectivity index (χ0n) is 8.51. The number of para-hydroxylation sites is 1. The van der Waals surface area contributed by atoms with E-state index in [1.165, 1.54) is 16.8 Å². The number of aryl methyl sites for hydroxylation is 1.